The number of aliphatic carboxylic acids is 1. The Hall–Kier alpha value is -1.50. The Bertz CT molecular complexity index is 250. The molecule has 4 nitrogen and oxygen atoms in total. The van der Waals surface area contributed by atoms with Crippen molar-refractivity contribution >= 4 is 5.97 Å². The molecule has 0 aromatic rings. The quantitative estimate of drug-likeness (QED) is 0.295. The molecule has 0 radical (unpaired) electrons. The Morgan fingerprint density at radius 1 is 1.38 bits per heavy atom. The van der Waals surface area contributed by atoms with Crippen LogP contribution in [0.15, 0.2) is 11.3 Å². The summed E-state index contributed by atoms with van der Waals surface area (Å²) in [6, 6.07) is 1.46. The van der Waals surface area contributed by atoms with Gasteiger partial charge in [-0.25, -0.2) is 4.79 Å². The van der Waals surface area contributed by atoms with Crippen molar-refractivity contribution in [1.82, 2.24) is 0 Å². The van der Waals surface area contributed by atoms with Crippen LogP contribution in [0.4, 0.5) is 0 Å². The van der Waals surface area contributed by atoms with Gasteiger partial charge in [0.05, 0.1) is 0 Å². The van der Waals surface area contributed by atoms with Gasteiger partial charge < -0.3 is 10.2 Å². The minimum Gasteiger partial charge on any atom is -0.511 e. The Morgan fingerprint density at radius 2 is 2.00 bits per heavy atom. The number of hydrogen-bond acceptors (Lipinski definition) is 3. The van der Waals surface area contributed by atoms with Gasteiger partial charge in [0.1, 0.15) is 11.8 Å². The van der Waals surface area contributed by atoms with Crippen molar-refractivity contribution in [1.29, 1.82) is 5.26 Å². The Kier molecular flexibility index (Phi) is 5.37. The third-order valence-corrected chi connectivity index (χ3v) is 1.63. The number of nitriles is 1. The predicted molar refractivity (Wildman–Crippen MR) is 47.0 cm³/mol. The zero-order valence-corrected chi connectivity index (χ0v) is 7.58. The first-order valence-corrected chi connectivity index (χ1v) is 4.19. The van der Waals surface area contributed by atoms with Crippen LogP contribution in [0.1, 0.15) is 32.6 Å². The molecule has 4 heteroatoms. The van der Waals surface area contributed by atoms with E-state index in [0.29, 0.717) is 6.42 Å². The molecule has 0 aromatic heterocycles. The largest absolute Gasteiger partial charge is 0.511 e. The fraction of sp³-hybridized carbons (Fsp3) is 0.556. The van der Waals surface area contributed by atoms with Crippen molar-refractivity contribution in [3.05, 3.63) is 11.3 Å². The van der Waals surface area contributed by atoms with E-state index in [1.165, 1.54) is 6.07 Å². The van der Waals surface area contributed by atoms with Gasteiger partial charge in [0.2, 0.25) is 0 Å². The molecule has 0 saturated heterocycles. The number of nitrogens with zero attached hydrogens (tertiary/aromatic N) is 1. The summed E-state index contributed by atoms with van der Waals surface area (Å²) in [5.74, 6) is -1.68. The van der Waals surface area contributed by atoms with E-state index < -0.39 is 11.5 Å². The number of aliphatic hydroxyl groups is 1. The first kappa shape index (κ1) is 11.5. The molecule has 72 valence electrons. The van der Waals surface area contributed by atoms with Gasteiger partial charge >= 0.3 is 5.97 Å². The van der Waals surface area contributed by atoms with Gasteiger partial charge in [-0.15, -0.1) is 0 Å². The van der Waals surface area contributed by atoms with Crippen molar-refractivity contribution < 1.29 is 15.0 Å². The van der Waals surface area contributed by atoms with Gasteiger partial charge in [-0.1, -0.05) is 19.8 Å². The standard InChI is InChI=1S/C9H13NO3/c1-2-3-4-5-8(11)7(6-10)9(12)13/h11H,2-5H2,1H3,(H,12,13). The summed E-state index contributed by atoms with van der Waals surface area (Å²) in [6.45, 7) is 2.00. The minimum atomic E-state index is -1.36. The van der Waals surface area contributed by atoms with E-state index in [9.17, 15) is 9.90 Å². The van der Waals surface area contributed by atoms with Crippen LogP contribution >= 0.6 is 0 Å². The van der Waals surface area contributed by atoms with Gasteiger partial charge in [-0.05, 0) is 6.42 Å². The normalized spacial score (nSPS) is 11.7. The van der Waals surface area contributed by atoms with Crippen LogP contribution in [-0.4, -0.2) is 16.2 Å². The van der Waals surface area contributed by atoms with Gasteiger partial charge in [-0.3, -0.25) is 0 Å². The molecule has 0 rings (SSSR count). The van der Waals surface area contributed by atoms with E-state index in [1.807, 2.05) is 6.92 Å². The van der Waals surface area contributed by atoms with E-state index in [-0.39, 0.29) is 12.2 Å². The molecule has 0 saturated carbocycles. The zero-order chi connectivity index (χ0) is 10.3. The molecule has 0 bridgehead atoms. The number of aliphatic hydroxyl groups excluding tert-OH is 1. The van der Waals surface area contributed by atoms with Crippen molar-refractivity contribution in [2.45, 2.75) is 32.6 Å². The molecule has 0 spiro atoms. The lowest BCUT2D eigenvalue weighted by Crippen LogP contribution is -2.02. The van der Waals surface area contributed by atoms with Crippen LogP contribution < -0.4 is 0 Å². The topological polar surface area (TPSA) is 81.3 Å². The molecule has 0 atom stereocenters. The molecule has 0 aromatic carbocycles. The highest BCUT2D eigenvalue weighted by Crippen LogP contribution is 2.10. The molecule has 0 aliphatic carbocycles. The third kappa shape index (κ3) is 4.16. The lowest BCUT2D eigenvalue weighted by atomic mass is 10.1. The van der Waals surface area contributed by atoms with Gasteiger partial charge in [-0.2, -0.15) is 5.26 Å². The number of carboxylic acid groups (broad SMARTS) is 1. The molecule has 0 amide bonds. The fourth-order valence-electron chi connectivity index (χ4n) is 0.903. The van der Waals surface area contributed by atoms with Crippen molar-refractivity contribution in [3.63, 3.8) is 0 Å². The van der Waals surface area contributed by atoms with E-state index in [4.69, 9.17) is 10.4 Å². The minimum absolute atomic E-state index is 0.267. The molecule has 2 N–H and O–H groups in total. The molecular weight excluding hydrogens is 170 g/mol. The maximum absolute atomic E-state index is 10.4. The van der Waals surface area contributed by atoms with Gasteiger partial charge in [0.15, 0.2) is 5.57 Å². The smallest absolute Gasteiger partial charge is 0.349 e. The molecule has 0 fully saturated rings. The van der Waals surface area contributed by atoms with Gasteiger partial charge in [0, 0.05) is 6.42 Å². The second-order valence-corrected chi connectivity index (χ2v) is 2.70. The fourth-order valence-corrected chi connectivity index (χ4v) is 0.903. The third-order valence-electron chi connectivity index (χ3n) is 1.63. The molecule has 13 heavy (non-hydrogen) atoms. The highest BCUT2D eigenvalue weighted by Gasteiger charge is 2.12. The van der Waals surface area contributed by atoms with Crippen molar-refractivity contribution in [2.75, 3.05) is 0 Å². The lowest BCUT2D eigenvalue weighted by molar-refractivity contribution is -0.132. The number of rotatable bonds is 5. The monoisotopic (exact) mass is 183 g/mol. The lowest BCUT2D eigenvalue weighted by Gasteiger charge is -1.99. The highest BCUT2D eigenvalue weighted by molar-refractivity contribution is 5.91. The average molecular weight is 183 g/mol. The van der Waals surface area contributed by atoms with Crippen LogP contribution in [0.2, 0.25) is 0 Å². The Labute approximate surface area is 77.1 Å². The summed E-state index contributed by atoms with van der Waals surface area (Å²) in [4.78, 5) is 10.4. The molecule has 0 heterocycles. The van der Waals surface area contributed by atoms with Crippen molar-refractivity contribution in [2.24, 2.45) is 0 Å². The summed E-state index contributed by atoms with van der Waals surface area (Å²) in [5, 5.41) is 26.0. The maximum atomic E-state index is 10.4. The number of allylic oxidation sites excluding steroid dienone is 1. The number of carboxylic acids is 1. The van der Waals surface area contributed by atoms with Crippen LogP contribution in [0.5, 0.6) is 0 Å². The van der Waals surface area contributed by atoms with E-state index in [2.05, 4.69) is 0 Å². The SMILES string of the molecule is CCCCCC(O)=C(C#N)C(=O)O. The Balaban J connectivity index is 4.25. The van der Waals surface area contributed by atoms with E-state index >= 15 is 0 Å². The second kappa shape index (κ2) is 6.06. The highest BCUT2D eigenvalue weighted by atomic mass is 16.4. The average Bonchev–Trinajstić information content (AvgIpc) is 2.05. The first-order chi connectivity index (χ1) is 6.13. The summed E-state index contributed by atoms with van der Waals surface area (Å²) in [5.41, 5.74) is -0.545. The molecule has 0 aliphatic rings. The van der Waals surface area contributed by atoms with Gasteiger partial charge in [0.25, 0.3) is 0 Å². The number of hydrogen-bond donors (Lipinski definition) is 2. The van der Waals surface area contributed by atoms with Crippen LogP contribution in [0.3, 0.4) is 0 Å². The van der Waals surface area contributed by atoms with E-state index in [1.54, 1.807) is 0 Å². The van der Waals surface area contributed by atoms with Crippen LogP contribution in [0.25, 0.3) is 0 Å². The summed E-state index contributed by atoms with van der Waals surface area (Å²) < 4.78 is 0. The van der Waals surface area contributed by atoms with Crippen molar-refractivity contribution in [3.8, 4) is 6.07 Å². The zero-order valence-electron chi connectivity index (χ0n) is 7.58. The summed E-state index contributed by atoms with van der Waals surface area (Å²) >= 11 is 0. The molecular formula is C9H13NO3. The maximum Gasteiger partial charge on any atom is 0.349 e. The van der Waals surface area contributed by atoms with Crippen LogP contribution in [0, 0.1) is 11.3 Å². The van der Waals surface area contributed by atoms with Crippen LogP contribution in [-0.2, 0) is 4.79 Å². The molecule has 0 aliphatic heterocycles. The second-order valence-electron chi connectivity index (χ2n) is 2.70. The number of carbonyl (C=O) groups is 1. The first-order valence-electron chi connectivity index (χ1n) is 4.19. The summed E-state index contributed by atoms with van der Waals surface area (Å²) in [7, 11) is 0. The number of unbranched alkanes of at least 4 members (excludes halogenated alkanes) is 2. The Morgan fingerprint density at radius 3 is 2.38 bits per heavy atom. The molecule has 0 unspecified atom stereocenters. The summed E-state index contributed by atoms with van der Waals surface area (Å²) in [6.07, 6.45) is 2.88. The van der Waals surface area contributed by atoms with E-state index in [0.717, 1.165) is 12.8 Å². The predicted octanol–water partition coefficient (Wildman–Crippen LogP) is 1.99.